The number of carbonyl (C=O) groups is 1. The second-order valence-corrected chi connectivity index (χ2v) is 10.9. The molecule has 5 rings (SSSR count). The summed E-state index contributed by atoms with van der Waals surface area (Å²) >= 11 is 2.73. The number of anilines is 1. The van der Waals surface area contributed by atoms with Gasteiger partial charge in [0.2, 0.25) is 5.91 Å². The molecule has 8 heteroatoms. The highest BCUT2D eigenvalue weighted by Crippen LogP contribution is 2.38. The molecule has 0 saturated carbocycles. The highest BCUT2D eigenvalue weighted by Gasteiger charge is 2.22. The van der Waals surface area contributed by atoms with E-state index in [1.807, 2.05) is 60.7 Å². The quantitative estimate of drug-likeness (QED) is 0.260. The molecule has 4 aromatic rings. The molecule has 1 aliphatic carbocycles. The van der Waals surface area contributed by atoms with Crippen molar-refractivity contribution < 1.29 is 9.53 Å². The molecule has 2 aromatic heterocycles. The number of nitrogens with one attached hydrogen (secondary N) is 1. The van der Waals surface area contributed by atoms with E-state index in [-0.39, 0.29) is 11.7 Å². The number of carbonyl (C=O) groups excluding carboxylic acids is 1. The van der Waals surface area contributed by atoms with Crippen LogP contribution in [-0.2, 0) is 17.6 Å². The normalized spacial score (nSPS) is 12.2. The fourth-order valence-electron chi connectivity index (χ4n) is 4.56. The number of aryl methyl sites for hydroxylation is 1. The minimum Gasteiger partial charge on any atom is -0.497 e. The van der Waals surface area contributed by atoms with Crippen LogP contribution < -0.4 is 10.1 Å². The topological polar surface area (TPSA) is 98.8 Å². The number of nitriles is 2. The van der Waals surface area contributed by atoms with E-state index in [9.17, 15) is 15.3 Å². The van der Waals surface area contributed by atoms with Crippen molar-refractivity contribution in [3.63, 3.8) is 0 Å². The standard InChI is InChI=1S/C30H24N4O2S2/c1-36-21-13-11-19(12-14-21)23-15-26(20-7-3-2-4-8-20)33-29(25(23)17-32)37-18-28(35)34-30-24(16-31)22-9-5-6-10-27(22)38-30/h2-4,7-8,11-15H,5-6,9-10,18H2,1H3,(H,34,35). The summed E-state index contributed by atoms with van der Waals surface area (Å²) in [6.45, 7) is 0. The molecule has 0 atom stereocenters. The van der Waals surface area contributed by atoms with Crippen LogP contribution in [0.15, 0.2) is 65.7 Å². The molecule has 0 unspecified atom stereocenters. The van der Waals surface area contributed by atoms with Gasteiger partial charge in [0.1, 0.15) is 27.9 Å². The number of thioether (sulfide) groups is 1. The number of pyridine rings is 1. The largest absolute Gasteiger partial charge is 0.497 e. The lowest BCUT2D eigenvalue weighted by Crippen LogP contribution is -2.14. The van der Waals surface area contributed by atoms with Gasteiger partial charge in [-0.2, -0.15) is 10.5 Å². The van der Waals surface area contributed by atoms with Gasteiger partial charge in [-0.3, -0.25) is 4.79 Å². The lowest BCUT2D eigenvalue weighted by Gasteiger charge is -2.13. The molecular formula is C30H24N4O2S2. The van der Waals surface area contributed by atoms with Crippen LogP contribution in [0.25, 0.3) is 22.4 Å². The van der Waals surface area contributed by atoms with Crippen molar-refractivity contribution in [3.05, 3.63) is 82.2 Å². The maximum absolute atomic E-state index is 13.0. The highest BCUT2D eigenvalue weighted by molar-refractivity contribution is 8.00. The van der Waals surface area contributed by atoms with E-state index in [1.54, 1.807) is 7.11 Å². The fourth-order valence-corrected chi connectivity index (χ4v) is 6.62. The summed E-state index contributed by atoms with van der Waals surface area (Å²) in [7, 11) is 1.61. The Morgan fingerprint density at radius 1 is 1.03 bits per heavy atom. The summed E-state index contributed by atoms with van der Waals surface area (Å²) < 4.78 is 5.29. The zero-order chi connectivity index (χ0) is 26.5. The predicted octanol–water partition coefficient (Wildman–Crippen LogP) is 6.84. The van der Waals surface area contributed by atoms with Gasteiger partial charge in [-0.25, -0.2) is 4.98 Å². The van der Waals surface area contributed by atoms with E-state index < -0.39 is 0 Å². The number of fused-ring (bicyclic) bond motifs is 1. The predicted molar refractivity (Wildman–Crippen MR) is 151 cm³/mol. The van der Waals surface area contributed by atoms with Crippen LogP contribution in [0.3, 0.4) is 0 Å². The second-order valence-electron chi connectivity index (χ2n) is 8.81. The van der Waals surface area contributed by atoms with Crippen LogP contribution >= 0.6 is 23.1 Å². The number of thiophene rings is 1. The minimum atomic E-state index is -0.230. The van der Waals surface area contributed by atoms with E-state index in [2.05, 4.69) is 17.5 Å². The first-order valence-corrected chi connectivity index (χ1v) is 14.0. The number of nitrogens with zero attached hydrogens (tertiary/aromatic N) is 3. The Bertz CT molecular complexity index is 1570. The monoisotopic (exact) mass is 536 g/mol. The molecule has 1 aliphatic rings. The molecule has 0 radical (unpaired) electrons. The summed E-state index contributed by atoms with van der Waals surface area (Å²) in [5.74, 6) is 0.560. The van der Waals surface area contributed by atoms with E-state index in [1.165, 1.54) is 28.0 Å². The summed E-state index contributed by atoms with van der Waals surface area (Å²) in [6, 6.07) is 23.8. The van der Waals surface area contributed by atoms with Crippen LogP contribution in [-0.4, -0.2) is 23.8 Å². The summed E-state index contributed by atoms with van der Waals surface area (Å²) in [4.78, 5) is 19.0. The van der Waals surface area contributed by atoms with Crippen molar-refractivity contribution in [1.82, 2.24) is 4.98 Å². The first kappa shape index (κ1) is 25.5. The number of aromatic nitrogens is 1. The average Bonchev–Trinajstić information content (AvgIpc) is 3.32. The molecule has 188 valence electrons. The first-order chi connectivity index (χ1) is 18.6. The zero-order valence-corrected chi connectivity index (χ0v) is 22.4. The maximum atomic E-state index is 13.0. The molecule has 1 N–H and O–H groups in total. The van der Waals surface area contributed by atoms with Gasteiger partial charge in [0, 0.05) is 16.0 Å². The Morgan fingerprint density at radius 3 is 2.47 bits per heavy atom. The third-order valence-corrected chi connectivity index (χ3v) is 8.63. The summed E-state index contributed by atoms with van der Waals surface area (Å²) in [5, 5.41) is 23.9. The van der Waals surface area contributed by atoms with Crippen molar-refractivity contribution in [1.29, 1.82) is 10.5 Å². The van der Waals surface area contributed by atoms with Gasteiger partial charge in [-0.15, -0.1) is 11.3 Å². The number of rotatable bonds is 7. The molecule has 38 heavy (non-hydrogen) atoms. The van der Waals surface area contributed by atoms with Crippen molar-refractivity contribution >= 4 is 34.0 Å². The van der Waals surface area contributed by atoms with Gasteiger partial charge in [0.15, 0.2) is 0 Å². The van der Waals surface area contributed by atoms with Crippen LogP contribution in [0.2, 0.25) is 0 Å². The smallest absolute Gasteiger partial charge is 0.235 e. The third-order valence-electron chi connectivity index (χ3n) is 6.44. The number of amides is 1. The van der Waals surface area contributed by atoms with E-state index >= 15 is 0 Å². The van der Waals surface area contributed by atoms with Crippen LogP contribution in [0, 0.1) is 22.7 Å². The van der Waals surface area contributed by atoms with Crippen molar-refractivity contribution in [3.8, 4) is 40.3 Å². The SMILES string of the molecule is COc1ccc(-c2cc(-c3ccccc3)nc(SCC(=O)Nc3sc4c(c3C#N)CCCC4)c2C#N)cc1. The molecule has 1 amide bonds. The summed E-state index contributed by atoms with van der Waals surface area (Å²) in [6.07, 6.45) is 4.02. The van der Waals surface area contributed by atoms with Crippen LogP contribution in [0.4, 0.5) is 5.00 Å². The molecule has 0 bridgehead atoms. The Hall–Kier alpha value is -4.11. The number of ether oxygens (including phenoxy) is 1. The van der Waals surface area contributed by atoms with Gasteiger partial charge in [-0.1, -0.05) is 54.2 Å². The molecule has 2 heterocycles. The third kappa shape index (κ3) is 5.28. The van der Waals surface area contributed by atoms with Crippen LogP contribution in [0.5, 0.6) is 5.75 Å². The van der Waals surface area contributed by atoms with Crippen molar-refractivity contribution in [2.75, 3.05) is 18.2 Å². The molecule has 2 aromatic carbocycles. The van der Waals surface area contributed by atoms with E-state index in [0.29, 0.717) is 21.2 Å². The van der Waals surface area contributed by atoms with Crippen molar-refractivity contribution in [2.45, 2.75) is 30.7 Å². The van der Waals surface area contributed by atoms with E-state index in [4.69, 9.17) is 9.72 Å². The van der Waals surface area contributed by atoms with Gasteiger partial charge in [0.05, 0.1) is 29.7 Å². The zero-order valence-electron chi connectivity index (χ0n) is 20.8. The Balaban J connectivity index is 1.45. The van der Waals surface area contributed by atoms with E-state index in [0.717, 1.165) is 59.4 Å². The average molecular weight is 537 g/mol. The molecule has 0 aliphatic heterocycles. The van der Waals surface area contributed by atoms with Gasteiger partial charge >= 0.3 is 0 Å². The van der Waals surface area contributed by atoms with Crippen molar-refractivity contribution in [2.24, 2.45) is 0 Å². The van der Waals surface area contributed by atoms with Gasteiger partial charge in [0.25, 0.3) is 0 Å². The first-order valence-electron chi connectivity index (χ1n) is 12.2. The maximum Gasteiger partial charge on any atom is 0.235 e. The molecule has 6 nitrogen and oxygen atoms in total. The number of benzene rings is 2. The Kier molecular flexibility index (Phi) is 7.74. The molecule has 0 fully saturated rings. The lowest BCUT2D eigenvalue weighted by atomic mass is 9.96. The van der Waals surface area contributed by atoms with Crippen LogP contribution in [0.1, 0.15) is 34.4 Å². The number of hydrogen-bond donors (Lipinski definition) is 1. The molecular weight excluding hydrogens is 512 g/mol. The Morgan fingerprint density at radius 2 is 1.76 bits per heavy atom. The minimum absolute atomic E-state index is 0.0649. The van der Waals surface area contributed by atoms with Gasteiger partial charge in [-0.05, 0) is 55.0 Å². The molecule has 0 saturated heterocycles. The second kappa shape index (κ2) is 11.5. The highest BCUT2D eigenvalue weighted by atomic mass is 32.2. The number of methoxy groups -OCH3 is 1. The fraction of sp³-hybridized carbons (Fsp3) is 0.200. The number of hydrogen-bond acceptors (Lipinski definition) is 7. The Labute approximate surface area is 229 Å². The lowest BCUT2D eigenvalue weighted by molar-refractivity contribution is -0.113. The van der Waals surface area contributed by atoms with Gasteiger partial charge < -0.3 is 10.1 Å². The molecule has 0 spiro atoms. The summed E-state index contributed by atoms with van der Waals surface area (Å²) in [5.41, 5.74) is 5.32.